The molecule has 0 spiro atoms. The van der Waals surface area contributed by atoms with Crippen LogP contribution in [0.15, 0.2) is 43.0 Å². The monoisotopic (exact) mass is 380 g/mol. The van der Waals surface area contributed by atoms with Crippen LogP contribution in [-0.2, 0) is 10.3 Å². The molecule has 6 nitrogen and oxygen atoms in total. The summed E-state index contributed by atoms with van der Waals surface area (Å²) in [6.07, 6.45) is 3.26. The van der Waals surface area contributed by atoms with Crippen LogP contribution in [0.5, 0.6) is 0 Å². The number of aromatic nitrogens is 2. The Hall–Kier alpha value is -2.89. The largest absolute Gasteiger partial charge is 0.332 e. The Balaban J connectivity index is 1.76. The molecule has 1 atom stereocenters. The molecule has 1 N–H and O–H groups in total. The van der Waals surface area contributed by atoms with Crippen molar-refractivity contribution in [3.8, 4) is 0 Å². The third-order valence-corrected chi connectivity index (χ3v) is 4.98. The molecule has 1 unspecified atom stereocenters. The number of nitrogens with zero attached hydrogens (tertiary/aromatic N) is 3. The summed E-state index contributed by atoms with van der Waals surface area (Å²) in [4.78, 5) is 26.6. The van der Waals surface area contributed by atoms with Gasteiger partial charge in [0, 0.05) is 18.2 Å². The van der Waals surface area contributed by atoms with Gasteiger partial charge in [0.2, 0.25) is 5.91 Å². The van der Waals surface area contributed by atoms with Gasteiger partial charge in [0.25, 0.3) is 5.91 Å². The fraction of sp³-hybridized carbons (Fsp3) is 0.409. The smallest absolute Gasteiger partial charge is 0.256 e. The zero-order valence-electron chi connectivity index (χ0n) is 17.0. The number of rotatable bonds is 4. The summed E-state index contributed by atoms with van der Waals surface area (Å²) in [6, 6.07) is 9.40. The van der Waals surface area contributed by atoms with Crippen LogP contribution in [0, 0.1) is 6.92 Å². The second-order valence-electron chi connectivity index (χ2n) is 8.22. The van der Waals surface area contributed by atoms with Crippen molar-refractivity contribution in [3.63, 3.8) is 0 Å². The number of benzene rings is 1. The lowest BCUT2D eigenvalue weighted by Crippen LogP contribution is -2.28. The number of aryl methyl sites for hydroxylation is 1. The molecule has 1 fully saturated rings. The maximum absolute atomic E-state index is 12.7. The number of hydrogen-bond acceptors (Lipinski definition) is 3. The van der Waals surface area contributed by atoms with Crippen molar-refractivity contribution in [2.75, 3.05) is 11.9 Å². The van der Waals surface area contributed by atoms with Crippen molar-refractivity contribution in [1.29, 1.82) is 0 Å². The maximum Gasteiger partial charge on any atom is 0.256 e. The van der Waals surface area contributed by atoms with Crippen molar-refractivity contribution >= 4 is 17.6 Å². The Morgan fingerprint density at radius 2 is 1.93 bits per heavy atom. The zero-order valence-corrected chi connectivity index (χ0v) is 17.0. The first-order chi connectivity index (χ1) is 13.2. The summed E-state index contributed by atoms with van der Waals surface area (Å²) >= 11 is 0. The van der Waals surface area contributed by atoms with Crippen molar-refractivity contribution in [2.45, 2.75) is 52.1 Å². The predicted molar refractivity (Wildman–Crippen MR) is 110 cm³/mol. The van der Waals surface area contributed by atoms with E-state index < -0.39 is 0 Å². The van der Waals surface area contributed by atoms with Crippen LogP contribution in [0.4, 0.5) is 5.82 Å². The van der Waals surface area contributed by atoms with Gasteiger partial charge in [-0.3, -0.25) is 9.59 Å². The molecule has 0 saturated carbocycles. The van der Waals surface area contributed by atoms with Crippen molar-refractivity contribution in [3.05, 3.63) is 59.8 Å². The van der Waals surface area contributed by atoms with Gasteiger partial charge < -0.3 is 10.2 Å². The Morgan fingerprint density at radius 3 is 2.54 bits per heavy atom. The quantitative estimate of drug-likeness (QED) is 0.814. The van der Waals surface area contributed by atoms with E-state index in [0.717, 1.165) is 30.6 Å². The Labute approximate surface area is 166 Å². The summed E-state index contributed by atoms with van der Waals surface area (Å²) in [5.41, 5.74) is 2.24. The molecule has 3 rings (SSSR count). The number of amides is 2. The molecule has 0 bridgehead atoms. The van der Waals surface area contributed by atoms with Gasteiger partial charge in [-0.1, -0.05) is 18.7 Å². The number of likely N-dealkylation sites (tertiary alicyclic amines) is 1. The van der Waals surface area contributed by atoms with E-state index in [-0.39, 0.29) is 23.4 Å². The summed E-state index contributed by atoms with van der Waals surface area (Å²) in [6.45, 7) is 12.4. The van der Waals surface area contributed by atoms with Crippen molar-refractivity contribution in [2.24, 2.45) is 0 Å². The molecule has 1 aliphatic heterocycles. The third kappa shape index (κ3) is 4.01. The molecular formula is C22H28N4O2. The molecule has 1 aromatic carbocycles. The van der Waals surface area contributed by atoms with E-state index in [0.29, 0.717) is 11.4 Å². The van der Waals surface area contributed by atoms with Crippen LogP contribution in [0.25, 0.3) is 0 Å². The van der Waals surface area contributed by atoms with Gasteiger partial charge in [-0.25, -0.2) is 4.68 Å². The first-order valence-corrected chi connectivity index (χ1v) is 9.62. The normalized spacial score (nSPS) is 16.9. The molecule has 148 valence electrons. The lowest BCUT2D eigenvalue weighted by Gasteiger charge is -2.24. The van der Waals surface area contributed by atoms with E-state index in [1.54, 1.807) is 0 Å². The lowest BCUT2D eigenvalue weighted by molar-refractivity contribution is -0.126. The molecule has 2 heterocycles. The van der Waals surface area contributed by atoms with E-state index in [1.165, 1.54) is 6.08 Å². The molecule has 28 heavy (non-hydrogen) atoms. The first-order valence-electron chi connectivity index (χ1n) is 9.62. The van der Waals surface area contributed by atoms with Crippen LogP contribution >= 0.6 is 0 Å². The van der Waals surface area contributed by atoms with E-state index in [1.807, 2.05) is 67.6 Å². The molecular weight excluding hydrogens is 352 g/mol. The number of anilines is 1. The minimum atomic E-state index is -0.232. The zero-order chi connectivity index (χ0) is 20.5. The highest BCUT2D eigenvalue weighted by atomic mass is 16.2. The van der Waals surface area contributed by atoms with E-state index in [2.05, 4.69) is 17.0 Å². The Bertz CT molecular complexity index is 890. The van der Waals surface area contributed by atoms with E-state index in [9.17, 15) is 9.59 Å². The summed E-state index contributed by atoms with van der Waals surface area (Å²) in [5.74, 6) is 0.454. The maximum atomic E-state index is 12.7. The Morgan fingerprint density at radius 1 is 1.25 bits per heavy atom. The van der Waals surface area contributed by atoms with Crippen LogP contribution in [0.2, 0.25) is 0 Å². The van der Waals surface area contributed by atoms with Gasteiger partial charge in [0.1, 0.15) is 5.82 Å². The third-order valence-electron chi connectivity index (χ3n) is 4.98. The molecule has 1 aromatic heterocycles. The SMILES string of the molecule is C=CC(=O)N1CCCC1c1ccc(C(=O)Nc2cc(C)nn2C(C)(C)C)cc1. The standard InChI is InChI=1S/C22H28N4O2/c1-6-20(27)25-13-7-8-18(25)16-9-11-17(12-10-16)21(28)23-19-14-15(2)24-26(19)22(3,4)5/h6,9-12,14,18H,1,7-8,13H2,2-5H3,(H,23,28). The average molecular weight is 380 g/mol. The summed E-state index contributed by atoms with van der Waals surface area (Å²) in [5, 5.41) is 7.45. The highest BCUT2D eigenvalue weighted by Gasteiger charge is 2.28. The van der Waals surface area contributed by atoms with Crippen LogP contribution < -0.4 is 5.32 Å². The average Bonchev–Trinajstić information content (AvgIpc) is 3.27. The Kier molecular flexibility index (Phi) is 5.40. The van der Waals surface area contributed by atoms with Gasteiger partial charge in [-0.15, -0.1) is 0 Å². The van der Waals surface area contributed by atoms with E-state index >= 15 is 0 Å². The van der Waals surface area contributed by atoms with Crippen molar-refractivity contribution < 1.29 is 9.59 Å². The fourth-order valence-corrected chi connectivity index (χ4v) is 3.64. The highest BCUT2D eigenvalue weighted by molar-refractivity contribution is 6.03. The van der Waals surface area contributed by atoms with Gasteiger partial charge in [-0.05, 0) is 64.3 Å². The van der Waals surface area contributed by atoms with Gasteiger partial charge in [-0.2, -0.15) is 5.10 Å². The number of carbonyl (C=O) groups is 2. The molecule has 0 radical (unpaired) electrons. The van der Waals surface area contributed by atoms with E-state index in [4.69, 9.17) is 0 Å². The minimum Gasteiger partial charge on any atom is -0.332 e. The number of carbonyl (C=O) groups excluding carboxylic acids is 2. The topological polar surface area (TPSA) is 67.2 Å². The van der Waals surface area contributed by atoms with Crippen LogP contribution in [0.1, 0.15) is 61.3 Å². The number of hydrogen-bond donors (Lipinski definition) is 1. The molecule has 2 aromatic rings. The van der Waals surface area contributed by atoms with Crippen LogP contribution in [-0.4, -0.2) is 33.0 Å². The summed E-state index contributed by atoms with van der Waals surface area (Å²) < 4.78 is 1.83. The predicted octanol–water partition coefficient (Wildman–Crippen LogP) is 4.05. The van der Waals surface area contributed by atoms with Crippen molar-refractivity contribution in [1.82, 2.24) is 14.7 Å². The molecule has 2 amide bonds. The summed E-state index contributed by atoms with van der Waals surface area (Å²) in [7, 11) is 0. The van der Waals surface area contributed by atoms with Gasteiger partial charge in [0.15, 0.2) is 0 Å². The first kappa shape index (κ1) is 19.9. The number of nitrogens with one attached hydrogen (secondary N) is 1. The van der Waals surface area contributed by atoms with Crippen LogP contribution in [0.3, 0.4) is 0 Å². The molecule has 1 aliphatic rings. The second-order valence-corrected chi connectivity index (χ2v) is 8.22. The molecule has 1 saturated heterocycles. The molecule has 6 heteroatoms. The second kappa shape index (κ2) is 7.62. The highest BCUT2D eigenvalue weighted by Crippen LogP contribution is 2.32. The van der Waals surface area contributed by atoms with Gasteiger partial charge >= 0.3 is 0 Å². The molecule has 0 aliphatic carbocycles. The van der Waals surface area contributed by atoms with Gasteiger partial charge in [0.05, 0.1) is 17.3 Å². The minimum absolute atomic E-state index is 0.0462. The fourth-order valence-electron chi connectivity index (χ4n) is 3.64. The lowest BCUT2D eigenvalue weighted by atomic mass is 10.0.